The van der Waals surface area contributed by atoms with Gasteiger partial charge in [0, 0.05) is 24.6 Å². The van der Waals surface area contributed by atoms with Gasteiger partial charge in [-0.3, -0.25) is 0 Å². The fourth-order valence-electron chi connectivity index (χ4n) is 2.90. The van der Waals surface area contributed by atoms with Crippen molar-refractivity contribution in [2.45, 2.75) is 46.0 Å². The highest BCUT2D eigenvalue weighted by Crippen LogP contribution is 2.35. The third-order valence-electron chi connectivity index (χ3n) is 4.09. The van der Waals surface area contributed by atoms with Gasteiger partial charge in [0.15, 0.2) is 0 Å². The quantitative estimate of drug-likeness (QED) is 0.746. The number of rotatable bonds is 6. The fraction of sp³-hybridized carbons (Fsp3) is 0.733. The number of nitrogens with zero attached hydrogens (tertiary/aromatic N) is 2. The lowest BCUT2D eigenvalue weighted by molar-refractivity contribution is 0.0943. The molecule has 0 aliphatic heterocycles. The van der Waals surface area contributed by atoms with Crippen molar-refractivity contribution in [3.8, 4) is 0 Å². The highest BCUT2D eigenvalue weighted by atomic mass is 16.3. The zero-order valence-electron chi connectivity index (χ0n) is 12.6. The average molecular weight is 278 g/mol. The summed E-state index contributed by atoms with van der Waals surface area (Å²) in [6, 6.07) is 1.93. The summed E-state index contributed by atoms with van der Waals surface area (Å²) in [5.74, 6) is 2.45. The standard InChI is InChI=1S/C15H26N4O/c1-3-16-13-9-14(19-12(2)18-13)17-10-15(11-20)7-5-4-6-8-15/h9,20H,3-8,10-11H2,1-2H3,(H2,16,17,18,19). The van der Waals surface area contributed by atoms with Crippen LogP contribution in [0.1, 0.15) is 44.9 Å². The smallest absolute Gasteiger partial charge is 0.131 e. The van der Waals surface area contributed by atoms with E-state index in [4.69, 9.17) is 0 Å². The summed E-state index contributed by atoms with van der Waals surface area (Å²) in [5, 5.41) is 16.3. The van der Waals surface area contributed by atoms with E-state index in [9.17, 15) is 5.11 Å². The summed E-state index contributed by atoms with van der Waals surface area (Å²) in [4.78, 5) is 8.77. The Labute approximate surface area is 121 Å². The lowest BCUT2D eigenvalue weighted by Crippen LogP contribution is -2.35. The Bertz CT molecular complexity index is 430. The van der Waals surface area contributed by atoms with Crippen LogP contribution in [0.2, 0.25) is 0 Å². The molecule has 1 heterocycles. The van der Waals surface area contributed by atoms with Crippen molar-refractivity contribution in [2.24, 2.45) is 5.41 Å². The molecule has 0 aromatic carbocycles. The first-order chi connectivity index (χ1) is 9.67. The molecule has 1 aromatic rings. The van der Waals surface area contributed by atoms with Crippen LogP contribution in [-0.4, -0.2) is 34.8 Å². The number of anilines is 2. The first-order valence-corrected chi connectivity index (χ1v) is 7.62. The number of hydrogen-bond acceptors (Lipinski definition) is 5. The largest absolute Gasteiger partial charge is 0.396 e. The maximum absolute atomic E-state index is 9.73. The predicted molar refractivity (Wildman–Crippen MR) is 82.0 cm³/mol. The normalized spacial score (nSPS) is 17.8. The summed E-state index contributed by atoms with van der Waals surface area (Å²) >= 11 is 0. The summed E-state index contributed by atoms with van der Waals surface area (Å²) in [7, 11) is 0. The van der Waals surface area contributed by atoms with Crippen molar-refractivity contribution in [3.63, 3.8) is 0 Å². The molecule has 20 heavy (non-hydrogen) atoms. The second-order valence-corrected chi connectivity index (χ2v) is 5.79. The van der Waals surface area contributed by atoms with Gasteiger partial charge in [-0.05, 0) is 26.7 Å². The fourth-order valence-corrected chi connectivity index (χ4v) is 2.90. The Kier molecular flexibility index (Phi) is 5.17. The van der Waals surface area contributed by atoms with Crippen LogP contribution in [-0.2, 0) is 0 Å². The van der Waals surface area contributed by atoms with Gasteiger partial charge in [-0.25, -0.2) is 9.97 Å². The second kappa shape index (κ2) is 6.88. The zero-order chi connectivity index (χ0) is 14.4. The predicted octanol–water partition coefficient (Wildman–Crippen LogP) is 2.57. The van der Waals surface area contributed by atoms with Gasteiger partial charge in [0.1, 0.15) is 17.5 Å². The topological polar surface area (TPSA) is 70.1 Å². The van der Waals surface area contributed by atoms with Crippen molar-refractivity contribution in [1.82, 2.24) is 9.97 Å². The van der Waals surface area contributed by atoms with Crippen LogP contribution >= 0.6 is 0 Å². The molecule has 1 fully saturated rings. The Hall–Kier alpha value is -1.36. The minimum atomic E-state index is 0.0233. The molecule has 0 radical (unpaired) electrons. The Morgan fingerprint density at radius 2 is 1.80 bits per heavy atom. The number of aliphatic hydroxyl groups excluding tert-OH is 1. The molecule has 2 rings (SSSR count). The maximum atomic E-state index is 9.73. The van der Waals surface area contributed by atoms with Crippen molar-refractivity contribution in [2.75, 3.05) is 30.3 Å². The van der Waals surface area contributed by atoms with Gasteiger partial charge in [-0.15, -0.1) is 0 Å². The van der Waals surface area contributed by atoms with E-state index in [0.29, 0.717) is 0 Å². The number of aryl methyl sites for hydroxylation is 1. The van der Waals surface area contributed by atoms with E-state index >= 15 is 0 Å². The molecule has 5 nitrogen and oxygen atoms in total. The molecule has 0 amide bonds. The van der Waals surface area contributed by atoms with Gasteiger partial charge in [-0.2, -0.15) is 0 Å². The summed E-state index contributed by atoms with van der Waals surface area (Å²) in [5.41, 5.74) is 0.0233. The molecule has 0 spiro atoms. The number of aliphatic hydroxyl groups is 1. The van der Waals surface area contributed by atoms with E-state index in [1.54, 1.807) is 0 Å². The summed E-state index contributed by atoms with van der Waals surface area (Å²) < 4.78 is 0. The molecular weight excluding hydrogens is 252 g/mol. The summed E-state index contributed by atoms with van der Waals surface area (Å²) in [6.07, 6.45) is 5.92. The van der Waals surface area contributed by atoms with Gasteiger partial charge in [0.05, 0.1) is 6.61 Å². The minimum Gasteiger partial charge on any atom is -0.396 e. The molecule has 5 heteroatoms. The zero-order valence-corrected chi connectivity index (χ0v) is 12.6. The van der Waals surface area contributed by atoms with Crippen molar-refractivity contribution in [3.05, 3.63) is 11.9 Å². The van der Waals surface area contributed by atoms with E-state index in [0.717, 1.165) is 43.4 Å². The van der Waals surface area contributed by atoms with E-state index in [1.807, 2.05) is 19.9 Å². The molecule has 0 saturated heterocycles. The van der Waals surface area contributed by atoms with Crippen molar-refractivity contribution >= 4 is 11.6 Å². The minimum absolute atomic E-state index is 0.0233. The highest BCUT2D eigenvalue weighted by molar-refractivity contribution is 5.47. The van der Waals surface area contributed by atoms with Crippen molar-refractivity contribution in [1.29, 1.82) is 0 Å². The second-order valence-electron chi connectivity index (χ2n) is 5.79. The van der Waals surface area contributed by atoms with Crippen LogP contribution < -0.4 is 10.6 Å². The summed E-state index contributed by atoms with van der Waals surface area (Å²) in [6.45, 7) is 5.83. The van der Waals surface area contributed by atoms with E-state index in [2.05, 4.69) is 20.6 Å². The molecule has 0 bridgehead atoms. The molecular formula is C15H26N4O. The van der Waals surface area contributed by atoms with Crippen LogP contribution in [0.3, 0.4) is 0 Å². The van der Waals surface area contributed by atoms with Gasteiger partial charge in [0.25, 0.3) is 0 Å². The monoisotopic (exact) mass is 278 g/mol. The van der Waals surface area contributed by atoms with Gasteiger partial charge >= 0.3 is 0 Å². The highest BCUT2D eigenvalue weighted by Gasteiger charge is 2.31. The van der Waals surface area contributed by atoms with Crippen LogP contribution in [0.15, 0.2) is 6.07 Å². The van der Waals surface area contributed by atoms with Crippen LogP contribution in [0.5, 0.6) is 0 Å². The van der Waals surface area contributed by atoms with Crippen molar-refractivity contribution < 1.29 is 5.11 Å². The third-order valence-corrected chi connectivity index (χ3v) is 4.09. The molecule has 1 saturated carbocycles. The maximum Gasteiger partial charge on any atom is 0.131 e. The van der Waals surface area contributed by atoms with Crippen LogP contribution in [0.25, 0.3) is 0 Å². The number of aromatic nitrogens is 2. The molecule has 0 unspecified atom stereocenters. The lowest BCUT2D eigenvalue weighted by atomic mass is 9.74. The Balaban J connectivity index is 2.02. The molecule has 3 N–H and O–H groups in total. The Morgan fingerprint density at radius 1 is 1.15 bits per heavy atom. The van der Waals surface area contributed by atoms with Crippen LogP contribution in [0, 0.1) is 12.3 Å². The molecule has 0 atom stereocenters. The van der Waals surface area contributed by atoms with Gasteiger partial charge < -0.3 is 15.7 Å². The molecule has 112 valence electrons. The number of hydrogen-bond donors (Lipinski definition) is 3. The first-order valence-electron chi connectivity index (χ1n) is 7.62. The third kappa shape index (κ3) is 3.82. The SMILES string of the molecule is CCNc1cc(NCC2(CO)CCCCC2)nc(C)n1. The molecule has 1 aromatic heterocycles. The lowest BCUT2D eigenvalue weighted by Gasteiger charge is -2.35. The molecule has 1 aliphatic carbocycles. The first kappa shape index (κ1) is 15.0. The van der Waals surface area contributed by atoms with Crippen LogP contribution in [0.4, 0.5) is 11.6 Å². The van der Waals surface area contributed by atoms with Gasteiger partial charge in [0.2, 0.25) is 0 Å². The Morgan fingerprint density at radius 3 is 2.40 bits per heavy atom. The number of nitrogens with one attached hydrogen (secondary N) is 2. The van der Waals surface area contributed by atoms with E-state index in [1.165, 1.54) is 19.3 Å². The molecule has 1 aliphatic rings. The van der Waals surface area contributed by atoms with Gasteiger partial charge in [-0.1, -0.05) is 19.3 Å². The van der Waals surface area contributed by atoms with E-state index < -0.39 is 0 Å². The average Bonchev–Trinajstić information content (AvgIpc) is 2.46. The van der Waals surface area contributed by atoms with E-state index in [-0.39, 0.29) is 12.0 Å².